The molecule has 3 aromatic rings. The quantitative estimate of drug-likeness (QED) is 0.727. The average molecular weight is 376 g/mol. The summed E-state index contributed by atoms with van der Waals surface area (Å²) in [6.07, 6.45) is 0. The van der Waals surface area contributed by atoms with Gasteiger partial charge in [-0.15, -0.1) is 0 Å². The van der Waals surface area contributed by atoms with Gasteiger partial charge in [0.1, 0.15) is 11.8 Å². The molecule has 0 saturated carbocycles. The molecule has 1 aliphatic rings. The van der Waals surface area contributed by atoms with Gasteiger partial charge < -0.3 is 15.4 Å². The second-order valence-corrected chi connectivity index (χ2v) is 6.58. The molecule has 142 valence electrons. The number of anilines is 2. The van der Waals surface area contributed by atoms with E-state index < -0.39 is 6.04 Å². The Morgan fingerprint density at radius 1 is 1.18 bits per heavy atom. The van der Waals surface area contributed by atoms with E-state index in [-0.39, 0.29) is 5.91 Å². The summed E-state index contributed by atoms with van der Waals surface area (Å²) in [6, 6.07) is 14.7. The summed E-state index contributed by atoms with van der Waals surface area (Å²) < 4.78 is 7.12. The van der Waals surface area contributed by atoms with Crippen LogP contribution in [0.3, 0.4) is 0 Å². The summed E-state index contributed by atoms with van der Waals surface area (Å²) in [5, 5.41) is 18.0. The summed E-state index contributed by atoms with van der Waals surface area (Å²) in [6.45, 7) is 3.82. The zero-order valence-electron chi connectivity index (χ0n) is 15.8. The number of fused-ring (bicyclic) bond motifs is 1. The molecule has 8 heteroatoms. The predicted molar refractivity (Wildman–Crippen MR) is 105 cm³/mol. The van der Waals surface area contributed by atoms with Crippen molar-refractivity contribution in [2.45, 2.75) is 19.9 Å². The van der Waals surface area contributed by atoms with Crippen molar-refractivity contribution in [1.29, 1.82) is 0 Å². The van der Waals surface area contributed by atoms with Crippen LogP contribution in [0, 0.1) is 6.92 Å². The molecule has 4 rings (SSSR count). The lowest BCUT2D eigenvalue weighted by molar-refractivity contribution is -0.113. The van der Waals surface area contributed by atoms with Crippen LogP contribution in [0.5, 0.6) is 5.75 Å². The smallest absolute Gasteiger partial charge is 0.255 e. The van der Waals surface area contributed by atoms with Crippen LogP contribution in [-0.4, -0.2) is 33.2 Å². The van der Waals surface area contributed by atoms with E-state index in [1.807, 2.05) is 62.4 Å². The van der Waals surface area contributed by atoms with Gasteiger partial charge in [0.15, 0.2) is 0 Å². The van der Waals surface area contributed by atoms with Gasteiger partial charge in [-0.2, -0.15) is 4.68 Å². The summed E-state index contributed by atoms with van der Waals surface area (Å²) >= 11 is 0. The standard InChI is InChI=1S/C20H20N6O2/c1-12-7-6-8-14(11-12)22-19(27)17-13(2)21-20-23-24-25-26(20)18(17)15-9-4-5-10-16(15)28-3/h4-11,18H,1-3H3,(H,22,27)(H,21,23,25). The van der Waals surface area contributed by atoms with Gasteiger partial charge in [-0.3, -0.25) is 4.79 Å². The van der Waals surface area contributed by atoms with E-state index in [0.29, 0.717) is 23.0 Å². The maximum absolute atomic E-state index is 13.3. The summed E-state index contributed by atoms with van der Waals surface area (Å²) in [5.41, 5.74) is 3.80. The molecule has 0 aliphatic carbocycles. The number of hydrogen-bond acceptors (Lipinski definition) is 6. The van der Waals surface area contributed by atoms with Crippen LogP contribution in [0.1, 0.15) is 24.1 Å². The number of nitrogens with one attached hydrogen (secondary N) is 2. The first-order chi connectivity index (χ1) is 13.6. The number of carbonyl (C=O) groups is 1. The first-order valence-electron chi connectivity index (χ1n) is 8.85. The minimum absolute atomic E-state index is 0.229. The first kappa shape index (κ1) is 17.7. The molecular formula is C20H20N6O2. The van der Waals surface area contributed by atoms with Gasteiger partial charge in [0.05, 0.1) is 12.7 Å². The van der Waals surface area contributed by atoms with Gasteiger partial charge in [0.2, 0.25) is 5.95 Å². The Labute approximate surface area is 162 Å². The molecule has 0 saturated heterocycles. The fourth-order valence-corrected chi connectivity index (χ4v) is 3.41. The summed E-state index contributed by atoms with van der Waals surface area (Å²) in [4.78, 5) is 13.3. The van der Waals surface area contributed by atoms with E-state index in [2.05, 4.69) is 26.2 Å². The fraction of sp³-hybridized carbons (Fsp3) is 0.200. The van der Waals surface area contributed by atoms with Gasteiger partial charge >= 0.3 is 0 Å². The third-order valence-electron chi connectivity index (χ3n) is 4.67. The van der Waals surface area contributed by atoms with Gasteiger partial charge in [0.25, 0.3) is 5.91 Å². The number of nitrogens with zero attached hydrogens (tertiary/aromatic N) is 4. The van der Waals surface area contributed by atoms with E-state index in [1.54, 1.807) is 11.8 Å². The number of amides is 1. The lowest BCUT2D eigenvalue weighted by Gasteiger charge is -2.28. The highest BCUT2D eigenvalue weighted by molar-refractivity contribution is 6.06. The van der Waals surface area contributed by atoms with Crippen molar-refractivity contribution in [3.63, 3.8) is 0 Å². The minimum atomic E-state index is -0.521. The van der Waals surface area contributed by atoms with Crippen LogP contribution in [0.4, 0.5) is 11.6 Å². The maximum Gasteiger partial charge on any atom is 0.255 e. The van der Waals surface area contributed by atoms with Crippen molar-refractivity contribution in [3.8, 4) is 5.75 Å². The van der Waals surface area contributed by atoms with Crippen molar-refractivity contribution < 1.29 is 9.53 Å². The first-order valence-corrected chi connectivity index (χ1v) is 8.85. The molecule has 0 bridgehead atoms. The van der Waals surface area contributed by atoms with Crippen molar-refractivity contribution in [2.75, 3.05) is 17.7 Å². The second-order valence-electron chi connectivity index (χ2n) is 6.58. The number of carbonyl (C=O) groups excluding carboxylic acids is 1. The molecular weight excluding hydrogens is 356 g/mol. The van der Waals surface area contributed by atoms with E-state index in [9.17, 15) is 4.79 Å². The molecule has 1 unspecified atom stereocenters. The third-order valence-corrected chi connectivity index (χ3v) is 4.67. The normalized spacial score (nSPS) is 15.6. The molecule has 1 aliphatic heterocycles. The van der Waals surface area contributed by atoms with Crippen LogP contribution >= 0.6 is 0 Å². The molecule has 0 spiro atoms. The predicted octanol–water partition coefficient (Wildman–Crippen LogP) is 2.92. The van der Waals surface area contributed by atoms with Crippen LogP contribution in [-0.2, 0) is 4.79 Å². The number of para-hydroxylation sites is 1. The van der Waals surface area contributed by atoms with Gasteiger partial charge in [-0.1, -0.05) is 35.4 Å². The third kappa shape index (κ3) is 3.09. The van der Waals surface area contributed by atoms with E-state index >= 15 is 0 Å². The lowest BCUT2D eigenvalue weighted by atomic mass is 9.94. The Morgan fingerprint density at radius 2 is 2.00 bits per heavy atom. The molecule has 8 nitrogen and oxygen atoms in total. The number of ether oxygens (including phenoxy) is 1. The molecule has 1 aromatic heterocycles. The van der Waals surface area contributed by atoms with Crippen LogP contribution in [0.25, 0.3) is 0 Å². The zero-order valence-corrected chi connectivity index (χ0v) is 15.8. The van der Waals surface area contributed by atoms with Gasteiger partial charge in [-0.25, -0.2) is 0 Å². The molecule has 2 heterocycles. The molecule has 2 N–H and O–H groups in total. The average Bonchev–Trinajstić information content (AvgIpc) is 3.14. The summed E-state index contributed by atoms with van der Waals surface area (Å²) in [7, 11) is 1.60. The Hall–Kier alpha value is -3.68. The number of benzene rings is 2. The molecule has 28 heavy (non-hydrogen) atoms. The molecule has 2 aromatic carbocycles. The van der Waals surface area contributed by atoms with E-state index in [4.69, 9.17) is 4.74 Å². The van der Waals surface area contributed by atoms with E-state index in [0.717, 1.165) is 16.8 Å². The number of aromatic nitrogens is 4. The number of tetrazole rings is 1. The van der Waals surface area contributed by atoms with Crippen molar-refractivity contribution in [3.05, 3.63) is 70.9 Å². The zero-order chi connectivity index (χ0) is 19.7. The maximum atomic E-state index is 13.3. The SMILES string of the molecule is COc1ccccc1C1C(C(=O)Nc2cccc(C)c2)=C(C)Nc2nnnn21. The Bertz CT molecular complexity index is 1070. The second kappa shape index (κ2) is 7.15. The molecule has 0 radical (unpaired) electrons. The number of rotatable bonds is 4. The van der Waals surface area contributed by atoms with Gasteiger partial charge in [0, 0.05) is 16.9 Å². The van der Waals surface area contributed by atoms with Crippen molar-refractivity contribution >= 4 is 17.5 Å². The Kier molecular flexibility index (Phi) is 4.52. The highest BCUT2D eigenvalue weighted by Gasteiger charge is 2.35. The van der Waals surface area contributed by atoms with Crippen molar-refractivity contribution in [2.24, 2.45) is 0 Å². The van der Waals surface area contributed by atoms with Crippen molar-refractivity contribution in [1.82, 2.24) is 20.2 Å². The van der Waals surface area contributed by atoms with Crippen LogP contribution < -0.4 is 15.4 Å². The number of allylic oxidation sites excluding steroid dienone is 1. The highest BCUT2D eigenvalue weighted by atomic mass is 16.5. The molecule has 1 amide bonds. The summed E-state index contributed by atoms with van der Waals surface area (Å²) in [5.74, 6) is 0.901. The molecule has 0 fully saturated rings. The van der Waals surface area contributed by atoms with E-state index in [1.165, 1.54) is 0 Å². The topological polar surface area (TPSA) is 94.0 Å². The highest BCUT2D eigenvalue weighted by Crippen LogP contribution is 2.38. The van der Waals surface area contributed by atoms with Gasteiger partial charge in [-0.05, 0) is 48.0 Å². The Morgan fingerprint density at radius 3 is 2.79 bits per heavy atom. The molecule has 1 atom stereocenters. The fourth-order valence-electron chi connectivity index (χ4n) is 3.41. The minimum Gasteiger partial charge on any atom is -0.496 e. The van der Waals surface area contributed by atoms with Crippen LogP contribution in [0.2, 0.25) is 0 Å². The van der Waals surface area contributed by atoms with Crippen LogP contribution in [0.15, 0.2) is 59.8 Å². The largest absolute Gasteiger partial charge is 0.496 e. The Balaban J connectivity index is 1.80. The number of aryl methyl sites for hydroxylation is 1. The monoisotopic (exact) mass is 376 g/mol. The number of methoxy groups -OCH3 is 1. The number of hydrogen-bond donors (Lipinski definition) is 2. The lowest BCUT2D eigenvalue weighted by Crippen LogP contribution is -2.31.